The molecule has 31 heavy (non-hydrogen) atoms. The number of non-ortho nitro benzene ring substituents is 1. The maximum absolute atomic E-state index is 13.3. The number of ether oxygens (including phenoxy) is 2. The lowest BCUT2D eigenvalue weighted by Crippen LogP contribution is -2.37. The van der Waals surface area contributed by atoms with Gasteiger partial charge in [0.25, 0.3) is 15.7 Å². The van der Waals surface area contributed by atoms with Crippen LogP contribution in [0, 0.1) is 17.0 Å². The number of hydrogen-bond donors (Lipinski definition) is 0. The number of hydrogen-bond acceptors (Lipinski definition) is 8. The van der Waals surface area contributed by atoms with Crippen molar-refractivity contribution in [1.82, 2.24) is 0 Å². The van der Waals surface area contributed by atoms with Crippen molar-refractivity contribution in [2.24, 2.45) is 0 Å². The first-order valence-electron chi connectivity index (χ1n) is 9.33. The van der Waals surface area contributed by atoms with Gasteiger partial charge in [-0.3, -0.25) is 19.2 Å². The molecule has 2 aromatic carbocycles. The van der Waals surface area contributed by atoms with Crippen molar-refractivity contribution < 1.29 is 32.4 Å². The third kappa shape index (κ3) is 5.37. The van der Waals surface area contributed by atoms with E-state index in [2.05, 4.69) is 0 Å². The highest BCUT2D eigenvalue weighted by atomic mass is 32.2. The molecule has 0 saturated heterocycles. The summed E-state index contributed by atoms with van der Waals surface area (Å²) in [4.78, 5) is 34.4. The molecule has 0 spiro atoms. The molecule has 0 aliphatic rings. The summed E-state index contributed by atoms with van der Waals surface area (Å²) in [5.41, 5.74) is 0.233. The van der Waals surface area contributed by atoms with Crippen LogP contribution in [0.1, 0.15) is 29.8 Å². The van der Waals surface area contributed by atoms with E-state index in [4.69, 9.17) is 9.47 Å². The molecule has 0 amide bonds. The summed E-state index contributed by atoms with van der Waals surface area (Å²) in [7, 11) is -4.33. The average Bonchev–Trinajstić information content (AvgIpc) is 2.72. The van der Waals surface area contributed by atoms with Crippen LogP contribution in [0.4, 0.5) is 11.4 Å². The van der Waals surface area contributed by atoms with Gasteiger partial charge in [0.05, 0.1) is 34.3 Å². The number of nitro groups is 1. The number of nitro benzene ring substituents is 1. The maximum Gasteiger partial charge on any atom is 0.338 e. The number of carbonyl (C=O) groups excluding carboxylic acids is 2. The summed E-state index contributed by atoms with van der Waals surface area (Å²) >= 11 is 0. The van der Waals surface area contributed by atoms with Crippen molar-refractivity contribution in [3.05, 3.63) is 63.7 Å². The van der Waals surface area contributed by atoms with Crippen molar-refractivity contribution >= 4 is 33.3 Å². The van der Waals surface area contributed by atoms with E-state index < -0.39 is 33.4 Å². The summed E-state index contributed by atoms with van der Waals surface area (Å²) in [6, 6.07) is 8.66. The fourth-order valence-electron chi connectivity index (χ4n) is 2.81. The summed E-state index contributed by atoms with van der Waals surface area (Å²) in [5, 5.41) is 10.9. The number of nitrogens with zero attached hydrogens (tertiary/aromatic N) is 2. The van der Waals surface area contributed by atoms with Crippen molar-refractivity contribution in [2.45, 2.75) is 25.7 Å². The molecule has 166 valence electrons. The zero-order chi connectivity index (χ0) is 23.2. The van der Waals surface area contributed by atoms with Gasteiger partial charge in [0.1, 0.15) is 6.54 Å². The van der Waals surface area contributed by atoms with Gasteiger partial charge in [-0.05, 0) is 50.6 Å². The first-order chi connectivity index (χ1) is 14.6. The molecule has 0 aliphatic heterocycles. The number of esters is 2. The highest BCUT2D eigenvalue weighted by Crippen LogP contribution is 2.30. The third-order valence-corrected chi connectivity index (χ3v) is 6.06. The Labute approximate surface area is 179 Å². The number of benzene rings is 2. The smallest absolute Gasteiger partial charge is 0.338 e. The zero-order valence-corrected chi connectivity index (χ0v) is 18.0. The van der Waals surface area contributed by atoms with Gasteiger partial charge in [0, 0.05) is 12.1 Å². The van der Waals surface area contributed by atoms with E-state index in [1.165, 1.54) is 25.1 Å². The minimum absolute atomic E-state index is 0.0477. The second-order valence-electron chi connectivity index (χ2n) is 6.24. The topological polar surface area (TPSA) is 133 Å². The Hall–Kier alpha value is -3.47. The van der Waals surface area contributed by atoms with Crippen LogP contribution in [-0.4, -0.2) is 45.0 Å². The van der Waals surface area contributed by atoms with Gasteiger partial charge in [0.2, 0.25) is 0 Å². The number of rotatable bonds is 9. The summed E-state index contributed by atoms with van der Waals surface area (Å²) in [5.74, 6) is -1.43. The lowest BCUT2D eigenvalue weighted by Gasteiger charge is -2.26. The van der Waals surface area contributed by atoms with Crippen LogP contribution in [-0.2, 0) is 24.3 Å². The highest BCUT2D eigenvalue weighted by Gasteiger charge is 2.30. The molecular weight excluding hydrogens is 428 g/mol. The van der Waals surface area contributed by atoms with E-state index in [1.807, 2.05) is 0 Å². The van der Waals surface area contributed by atoms with Gasteiger partial charge in [-0.2, -0.15) is 0 Å². The molecule has 0 atom stereocenters. The fraction of sp³-hybridized carbons (Fsp3) is 0.300. The van der Waals surface area contributed by atoms with Crippen LogP contribution >= 0.6 is 0 Å². The van der Waals surface area contributed by atoms with Gasteiger partial charge >= 0.3 is 11.9 Å². The van der Waals surface area contributed by atoms with E-state index in [0.717, 1.165) is 28.6 Å². The quantitative estimate of drug-likeness (QED) is 0.323. The minimum atomic E-state index is -4.33. The van der Waals surface area contributed by atoms with Gasteiger partial charge in [0.15, 0.2) is 0 Å². The summed E-state index contributed by atoms with van der Waals surface area (Å²) in [6.07, 6.45) is 0. The van der Waals surface area contributed by atoms with Crippen LogP contribution in [0.15, 0.2) is 47.4 Å². The molecule has 0 N–H and O–H groups in total. The molecule has 0 heterocycles. The van der Waals surface area contributed by atoms with Gasteiger partial charge < -0.3 is 9.47 Å². The lowest BCUT2D eigenvalue weighted by molar-refractivity contribution is -0.384. The first kappa shape index (κ1) is 23.8. The Bertz CT molecular complexity index is 1080. The minimum Gasteiger partial charge on any atom is -0.465 e. The van der Waals surface area contributed by atoms with E-state index >= 15 is 0 Å². The molecule has 0 aromatic heterocycles. The third-order valence-electron chi connectivity index (χ3n) is 4.28. The Morgan fingerprint density at radius 2 is 1.65 bits per heavy atom. The molecule has 0 bridgehead atoms. The lowest BCUT2D eigenvalue weighted by atomic mass is 10.1. The molecular formula is C20H22N2O8S. The SMILES string of the molecule is CCOC(=O)CN(c1cccc(C(=O)OCC)c1C)S(=O)(=O)c1ccc([N+](=O)[O-])cc1. The molecule has 10 nitrogen and oxygen atoms in total. The van der Waals surface area contributed by atoms with Gasteiger partial charge in [-0.1, -0.05) is 6.07 Å². The predicted octanol–water partition coefficient (Wildman–Crippen LogP) is 2.84. The second-order valence-corrected chi connectivity index (χ2v) is 8.10. The summed E-state index contributed by atoms with van der Waals surface area (Å²) in [6.45, 7) is 4.29. The maximum atomic E-state index is 13.3. The first-order valence-corrected chi connectivity index (χ1v) is 10.8. The monoisotopic (exact) mass is 450 g/mol. The highest BCUT2D eigenvalue weighted by molar-refractivity contribution is 7.92. The number of anilines is 1. The van der Waals surface area contributed by atoms with Gasteiger partial charge in [-0.15, -0.1) is 0 Å². The van der Waals surface area contributed by atoms with Crippen molar-refractivity contribution in [3.63, 3.8) is 0 Å². The largest absolute Gasteiger partial charge is 0.465 e. The molecule has 0 radical (unpaired) electrons. The number of carbonyl (C=O) groups is 2. The molecule has 2 aromatic rings. The van der Waals surface area contributed by atoms with Crippen LogP contribution in [0.25, 0.3) is 0 Å². The van der Waals surface area contributed by atoms with Crippen molar-refractivity contribution in [3.8, 4) is 0 Å². The van der Waals surface area contributed by atoms with E-state index in [9.17, 15) is 28.1 Å². The molecule has 0 aliphatic carbocycles. The molecule has 0 unspecified atom stereocenters. The van der Waals surface area contributed by atoms with Crippen LogP contribution in [0.2, 0.25) is 0 Å². The van der Waals surface area contributed by atoms with E-state index in [-0.39, 0.29) is 40.6 Å². The Morgan fingerprint density at radius 3 is 2.19 bits per heavy atom. The zero-order valence-electron chi connectivity index (χ0n) is 17.2. The Kier molecular flexibility index (Phi) is 7.70. The van der Waals surface area contributed by atoms with Crippen LogP contribution < -0.4 is 4.31 Å². The molecule has 0 saturated carbocycles. The molecule has 11 heteroatoms. The Balaban J connectivity index is 2.60. The second kappa shape index (κ2) is 10.0. The van der Waals surface area contributed by atoms with Crippen LogP contribution in [0.5, 0.6) is 0 Å². The molecule has 2 rings (SSSR count). The van der Waals surface area contributed by atoms with Crippen molar-refractivity contribution in [1.29, 1.82) is 0 Å². The van der Waals surface area contributed by atoms with Crippen molar-refractivity contribution in [2.75, 3.05) is 24.1 Å². The number of sulfonamides is 1. The van der Waals surface area contributed by atoms with Crippen LogP contribution in [0.3, 0.4) is 0 Å². The van der Waals surface area contributed by atoms with E-state index in [1.54, 1.807) is 13.8 Å². The predicted molar refractivity (Wildman–Crippen MR) is 111 cm³/mol. The standard InChI is InChI=1S/C20H22N2O8S/c1-4-29-19(23)13-21(18-8-6-7-17(14(18)3)20(24)30-5-2)31(27,28)16-11-9-15(10-12-16)22(25)26/h6-12H,4-5,13H2,1-3H3. The van der Waals surface area contributed by atoms with E-state index in [0.29, 0.717) is 0 Å². The average molecular weight is 450 g/mol. The molecule has 0 fully saturated rings. The summed E-state index contributed by atoms with van der Waals surface area (Å²) < 4.78 is 37.4. The Morgan fingerprint density at radius 1 is 1.03 bits per heavy atom. The normalized spacial score (nSPS) is 10.9. The fourth-order valence-corrected chi connectivity index (χ4v) is 4.28. The van der Waals surface area contributed by atoms with Gasteiger partial charge in [-0.25, -0.2) is 13.2 Å².